The van der Waals surface area contributed by atoms with Crippen LogP contribution in [0.25, 0.3) is 0 Å². The highest BCUT2D eigenvalue weighted by atomic mass is 16.5. The number of imide groups is 1. The Morgan fingerprint density at radius 2 is 1.86 bits per heavy atom. The van der Waals surface area contributed by atoms with E-state index in [0.717, 1.165) is 0 Å². The molecular weight excluding hydrogens is 268 g/mol. The normalized spacial score (nSPS) is 23.9. The van der Waals surface area contributed by atoms with Crippen molar-refractivity contribution in [2.45, 2.75) is 12.8 Å². The molecule has 1 aliphatic heterocycles. The highest BCUT2D eigenvalue weighted by Crippen LogP contribution is 2.38. The lowest BCUT2D eigenvalue weighted by Crippen LogP contribution is -2.30. The molecule has 106 valence electrons. The average Bonchev–Trinajstić information content (AvgIpc) is 2.78. The Labute approximate surface area is 122 Å². The van der Waals surface area contributed by atoms with Crippen molar-refractivity contribution in [3.63, 3.8) is 0 Å². The maximum absolute atomic E-state index is 12.5. The first-order chi connectivity index (χ1) is 10.2. The van der Waals surface area contributed by atoms with Gasteiger partial charge in [-0.15, -0.1) is 0 Å². The molecule has 2 atom stereocenters. The number of benzene rings is 1. The van der Waals surface area contributed by atoms with Gasteiger partial charge in [-0.1, -0.05) is 18.2 Å². The molecule has 2 aliphatic rings. The minimum absolute atomic E-state index is 0.0689. The number of carbonyl (C=O) groups is 2. The van der Waals surface area contributed by atoms with Crippen LogP contribution in [-0.2, 0) is 9.59 Å². The summed E-state index contributed by atoms with van der Waals surface area (Å²) >= 11 is 0. The van der Waals surface area contributed by atoms with E-state index in [1.54, 1.807) is 24.3 Å². The maximum atomic E-state index is 12.5. The molecule has 1 aromatic rings. The summed E-state index contributed by atoms with van der Waals surface area (Å²) in [6, 6.07) is 8.62. The van der Waals surface area contributed by atoms with Gasteiger partial charge in [-0.3, -0.25) is 9.59 Å². The average molecular weight is 282 g/mol. The summed E-state index contributed by atoms with van der Waals surface area (Å²) in [6.07, 6.45) is 5.16. The summed E-state index contributed by atoms with van der Waals surface area (Å²) < 4.78 is 5.22. The van der Waals surface area contributed by atoms with Gasteiger partial charge in [0.25, 0.3) is 0 Å². The summed E-state index contributed by atoms with van der Waals surface area (Å²) in [6.45, 7) is -0.0689. The number of hydrogen-bond donors (Lipinski definition) is 0. The molecule has 1 fully saturated rings. The minimum atomic E-state index is -0.244. The molecule has 0 N–H and O–H groups in total. The summed E-state index contributed by atoms with van der Waals surface area (Å²) in [7, 11) is 0. The molecule has 0 aromatic heterocycles. The van der Waals surface area contributed by atoms with Crippen LogP contribution in [0.15, 0.2) is 36.4 Å². The molecule has 1 heterocycles. The van der Waals surface area contributed by atoms with E-state index < -0.39 is 0 Å². The number of ether oxygens (including phenoxy) is 1. The second-order valence-corrected chi connectivity index (χ2v) is 5.11. The monoisotopic (exact) mass is 282 g/mol. The van der Waals surface area contributed by atoms with Crippen LogP contribution in [0.3, 0.4) is 0 Å². The molecule has 1 saturated heterocycles. The Morgan fingerprint density at radius 1 is 1.19 bits per heavy atom. The van der Waals surface area contributed by atoms with Crippen LogP contribution in [0.5, 0.6) is 5.75 Å². The fourth-order valence-corrected chi connectivity index (χ4v) is 2.88. The summed E-state index contributed by atoms with van der Waals surface area (Å²) in [4.78, 5) is 26.2. The number of fused-ring (bicyclic) bond motifs is 1. The van der Waals surface area contributed by atoms with E-state index in [1.165, 1.54) is 4.90 Å². The van der Waals surface area contributed by atoms with E-state index in [9.17, 15) is 9.59 Å². The molecule has 3 rings (SSSR count). The number of allylic oxidation sites excluding steroid dienone is 2. The topological polar surface area (TPSA) is 70.4 Å². The van der Waals surface area contributed by atoms with Gasteiger partial charge in [-0.05, 0) is 25.0 Å². The summed E-state index contributed by atoms with van der Waals surface area (Å²) in [5.41, 5.74) is 0.509. The van der Waals surface area contributed by atoms with Gasteiger partial charge in [0.2, 0.25) is 11.8 Å². The van der Waals surface area contributed by atoms with Crippen molar-refractivity contribution in [3.8, 4) is 11.8 Å². The third kappa shape index (κ3) is 2.29. The van der Waals surface area contributed by atoms with Gasteiger partial charge in [0.05, 0.1) is 17.5 Å². The quantitative estimate of drug-likeness (QED) is 0.628. The number of hydrogen-bond acceptors (Lipinski definition) is 4. The number of nitrogens with zero attached hydrogens (tertiary/aromatic N) is 2. The molecule has 5 heteroatoms. The minimum Gasteiger partial charge on any atom is -0.479 e. The van der Waals surface area contributed by atoms with Crippen molar-refractivity contribution < 1.29 is 14.3 Å². The van der Waals surface area contributed by atoms with Crippen LogP contribution < -0.4 is 9.64 Å². The SMILES string of the molecule is N#CCOc1cccc(N2C(=O)[C@H]3CC=CC[C@H]3C2=O)c1. The largest absolute Gasteiger partial charge is 0.479 e. The van der Waals surface area contributed by atoms with E-state index in [1.807, 2.05) is 18.2 Å². The van der Waals surface area contributed by atoms with Gasteiger partial charge in [-0.25, -0.2) is 4.90 Å². The maximum Gasteiger partial charge on any atom is 0.238 e. The van der Waals surface area contributed by atoms with E-state index >= 15 is 0 Å². The van der Waals surface area contributed by atoms with Gasteiger partial charge in [-0.2, -0.15) is 5.26 Å². The molecule has 0 unspecified atom stereocenters. The van der Waals surface area contributed by atoms with Gasteiger partial charge in [0.1, 0.15) is 11.8 Å². The van der Waals surface area contributed by atoms with E-state index in [-0.39, 0.29) is 30.3 Å². The molecule has 1 aliphatic carbocycles. The fraction of sp³-hybridized carbons (Fsp3) is 0.312. The molecule has 0 spiro atoms. The number of carbonyl (C=O) groups excluding carboxylic acids is 2. The molecular formula is C16H14N2O3. The van der Waals surface area contributed by atoms with Crippen molar-refractivity contribution in [1.29, 1.82) is 5.26 Å². The standard InChI is InChI=1S/C16H14N2O3/c17-8-9-21-12-5-3-4-11(10-12)18-15(19)13-6-1-2-7-14(13)16(18)20/h1-5,10,13-14H,6-7,9H2/t13-,14+. The van der Waals surface area contributed by atoms with Crippen molar-refractivity contribution in [3.05, 3.63) is 36.4 Å². The third-order valence-corrected chi connectivity index (χ3v) is 3.89. The second-order valence-electron chi connectivity index (χ2n) is 5.11. The first-order valence-corrected chi connectivity index (χ1v) is 6.85. The van der Waals surface area contributed by atoms with Crippen molar-refractivity contribution >= 4 is 17.5 Å². The number of nitriles is 1. The van der Waals surface area contributed by atoms with Crippen molar-refractivity contribution in [2.24, 2.45) is 11.8 Å². The van der Waals surface area contributed by atoms with Gasteiger partial charge in [0, 0.05) is 6.07 Å². The zero-order valence-electron chi connectivity index (χ0n) is 11.4. The molecule has 0 bridgehead atoms. The Hall–Kier alpha value is -2.61. The Balaban J connectivity index is 1.89. The second kappa shape index (κ2) is 5.41. The lowest BCUT2D eigenvalue weighted by Gasteiger charge is -2.15. The van der Waals surface area contributed by atoms with Gasteiger partial charge < -0.3 is 4.74 Å². The summed E-state index contributed by atoms with van der Waals surface area (Å²) in [5, 5.41) is 8.53. The smallest absolute Gasteiger partial charge is 0.238 e. The fourth-order valence-electron chi connectivity index (χ4n) is 2.88. The van der Waals surface area contributed by atoms with Crippen LogP contribution in [0.4, 0.5) is 5.69 Å². The molecule has 0 saturated carbocycles. The van der Waals surface area contributed by atoms with Crippen molar-refractivity contribution in [1.82, 2.24) is 0 Å². The number of rotatable bonds is 3. The van der Waals surface area contributed by atoms with E-state index in [2.05, 4.69) is 0 Å². The molecule has 2 amide bonds. The first-order valence-electron chi connectivity index (χ1n) is 6.85. The predicted molar refractivity (Wildman–Crippen MR) is 75.4 cm³/mol. The molecule has 5 nitrogen and oxygen atoms in total. The Morgan fingerprint density at radius 3 is 2.48 bits per heavy atom. The van der Waals surface area contributed by atoms with Gasteiger partial charge in [0.15, 0.2) is 6.61 Å². The molecule has 21 heavy (non-hydrogen) atoms. The zero-order valence-corrected chi connectivity index (χ0v) is 11.4. The number of anilines is 1. The van der Waals surface area contributed by atoms with Crippen LogP contribution in [-0.4, -0.2) is 18.4 Å². The Kier molecular flexibility index (Phi) is 3.44. The first kappa shape index (κ1) is 13.4. The molecule has 0 radical (unpaired) electrons. The predicted octanol–water partition coefficient (Wildman–Crippen LogP) is 2.04. The van der Waals surface area contributed by atoms with Crippen LogP contribution in [0.1, 0.15) is 12.8 Å². The van der Waals surface area contributed by atoms with Crippen LogP contribution in [0, 0.1) is 23.2 Å². The highest BCUT2D eigenvalue weighted by molar-refractivity contribution is 6.22. The van der Waals surface area contributed by atoms with Crippen LogP contribution >= 0.6 is 0 Å². The van der Waals surface area contributed by atoms with Crippen LogP contribution in [0.2, 0.25) is 0 Å². The van der Waals surface area contributed by atoms with Crippen molar-refractivity contribution in [2.75, 3.05) is 11.5 Å². The Bertz CT molecular complexity index is 634. The lowest BCUT2D eigenvalue weighted by molar-refractivity contribution is -0.122. The zero-order chi connectivity index (χ0) is 14.8. The third-order valence-electron chi connectivity index (χ3n) is 3.89. The van der Waals surface area contributed by atoms with E-state index in [0.29, 0.717) is 24.3 Å². The molecule has 1 aromatic carbocycles. The van der Waals surface area contributed by atoms with Gasteiger partial charge >= 0.3 is 0 Å². The summed E-state index contributed by atoms with van der Waals surface area (Å²) in [5.74, 6) is -0.307. The lowest BCUT2D eigenvalue weighted by atomic mass is 9.85. The van der Waals surface area contributed by atoms with E-state index in [4.69, 9.17) is 10.00 Å². The number of amides is 2. The highest BCUT2D eigenvalue weighted by Gasteiger charge is 2.47.